The van der Waals surface area contributed by atoms with Gasteiger partial charge in [-0.25, -0.2) is 0 Å². The lowest BCUT2D eigenvalue weighted by Gasteiger charge is -2.32. The molecule has 2 atom stereocenters. The van der Waals surface area contributed by atoms with Gasteiger partial charge in [0.05, 0.1) is 24.9 Å². The quantitative estimate of drug-likeness (QED) is 0.828. The van der Waals surface area contributed by atoms with Crippen LogP contribution in [0.3, 0.4) is 0 Å². The van der Waals surface area contributed by atoms with E-state index in [0.717, 1.165) is 5.75 Å². The van der Waals surface area contributed by atoms with Gasteiger partial charge in [-0.15, -0.1) is 0 Å². The summed E-state index contributed by atoms with van der Waals surface area (Å²) in [6.45, 7) is 0. The summed E-state index contributed by atoms with van der Waals surface area (Å²) in [6.07, 6.45) is 5.19. The van der Waals surface area contributed by atoms with Crippen LogP contribution in [0.25, 0.3) is 5.70 Å². The van der Waals surface area contributed by atoms with Crippen molar-refractivity contribution in [3.63, 3.8) is 0 Å². The summed E-state index contributed by atoms with van der Waals surface area (Å²) in [5.41, 5.74) is 2.57. The predicted molar refractivity (Wildman–Crippen MR) is 83.9 cm³/mol. The summed E-state index contributed by atoms with van der Waals surface area (Å²) < 4.78 is 5.24. The molecule has 2 heterocycles. The van der Waals surface area contributed by atoms with Crippen LogP contribution in [-0.4, -0.2) is 29.3 Å². The Morgan fingerprint density at radius 2 is 2.00 bits per heavy atom. The van der Waals surface area contributed by atoms with Crippen molar-refractivity contribution in [2.24, 2.45) is 4.99 Å². The molecular formula is C16H18N2OS. The van der Waals surface area contributed by atoms with E-state index in [9.17, 15) is 0 Å². The molecule has 0 spiro atoms. The molecule has 2 aliphatic heterocycles. The van der Waals surface area contributed by atoms with Gasteiger partial charge in [0.1, 0.15) is 5.75 Å². The van der Waals surface area contributed by atoms with Gasteiger partial charge in [0, 0.05) is 5.41 Å². The second kappa shape index (κ2) is 4.85. The summed E-state index contributed by atoms with van der Waals surface area (Å²) in [4.78, 5) is 7.38. The first kappa shape index (κ1) is 12.3. The van der Waals surface area contributed by atoms with Crippen molar-refractivity contribution in [3.05, 3.63) is 35.2 Å². The normalized spacial score (nSPS) is 27.8. The van der Waals surface area contributed by atoms with Crippen LogP contribution in [0.1, 0.15) is 31.2 Å². The Labute approximate surface area is 123 Å². The van der Waals surface area contributed by atoms with E-state index >= 15 is 0 Å². The average molecular weight is 286 g/mol. The van der Waals surface area contributed by atoms with Gasteiger partial charge in [0.2, 0.25) is 0 Å². The van der Waals surface area contributed by atoms with E-state index in [1.165, 1.54) is 42.1 Å². The van der Waals surface area contributed by atoms with Crippen molar-refractivity contribution in [1.82, 2.24) is 4.90 Å². The maximum absolute atomic E-state index is 5.24. The summed E-state index contributed by atoms with van der Waals surface area (Å²) in [7, 11) is 1.71. The molecule has 20 heavy (non-hydrogen) atoms. The number of hydrogen-bond acceptors (Lipinski definition) is 4. The van der Waals surface area contributed by atoms with E-state index in [1.807, 2.05) is 12.1 Å². The SMILES string of the molecule is COc1ccc(C2=CSC3=N[C@@H]4CCCC[C@H]4N23)cc1. The van der Waals surface area contributed by atoms with E-state index in [-0.39, 0.29) is 0 Å². The second-order valence-electron chi connectivity index (χ2n) is 5.55. The molecule has 0 amide bonds. The smallest absolute Gasteiger partial charge is 0.168 e. The number of hydrogen-bond donors (Lipinski definition) is 0. The fraction of sp³-hybridized carbons (Fsp3) is 0.438. The maximum Gasteiger partial charge on any atom is 0.168 e. The highest BCUT2D eigenvalue weighted by molar-refractivity contribution is 8.16. The van der Waals surface area contributed by atoms with Gasteiger partial charge in [-0.2, -0.15) is 0 Å². The maximum atomic E-state index is 5.24. The van der Waals surface area contributed by atoms with Crippen molar-refractivity contribution < 1.29 is 4.74 Å². The molecule has 1 aromatic rings. The number of thioether (sulfide) groups is 1. The van der Waals surface area contributed by atoms with Crippen LogP contribution < -0.4 is 4.74 Å². The van der Waals surface area contributed by atoms with Gasteiger partial charge in [-0.05, 0) is 42.7 Å². The standard InChI is InChI=1S/C16H18N2OS/c1-19-12-8-6-11(7-9-12)15-10-20-16-17-13-4-2-3-5-14(13)18(15)16/h6-10,13-14H,2-5H2,1H3/t13-,14-/m1/s1. The molecule has 1 aromatic carbocycles. The van der Waals surface area contributed by atoms with Crippen molar-refractivity contribution in [2.45, 2.75) is 37.8 Å². The summed E-state index contributed by atoms with van der Waals surface area (Å²) in [6, 6.07) is 9.46. The van der Waals surface area contributed by atoms with Crippen LogP contribution in [0, 0.1) is 0 Å². The number of ether oxygens (including phenoxy) is 1. The summed E-state index contributed by atoms with van der Waals surface area (Å²) in [5, 5.41) is 3.44. The highest BCUT2D eigenvalue weighted by atomic mass is 32.2. The minimum absolute atomic E-state index is 0.521. The Hall–Kier alpha value is -1.42. The number of nitrogens with zero attached hydrogens (tertiary/aromatic N) is 2. The fourth-order valence-electron chi connectivity index (χ4n) is 3.39. The Kier molecular flexibility index (Phi) is 2.99. The molecule has 0 unspecified atom stereocenters. The molecule has 0 radical (unpaired) electrons. The van der Waals surface area contributed by atoms with Crippen LogP contribution in [0.4, 0.5) is 0 Å². The lowest BCUT2D eigenvalue weighted by Crippen LogP contribution is -2.38. The van der Waals surface area contributed by atoms with Crippen molar-refractivity contribution in [3.8, 4) is 5.75 Å². The third-order valence-electron chi connectivity index (χ3n) is 4.43. The van der Waals surface area contributed by atoms with Crippen molar-refractivity contribution >= 4 is 22.6 Å². The third kappa shape index (κ3) is 1.85. The van der Waals surface area contributed by atoms with Crippen LogP contribution in [0.15, 0.2) is 34.7 Å². The molecule has 104 valence electrons. The average Bonchev–Trinajstić information content (AvgIpc) is 3.06. The molecule has 3 nitrogen and oxygen atoms in total. The van der Waals surface area contributed by atoms with Crippen LogP contribution in [0.5, 0.6) is 5.75 Å². The van der Waals surface area contributed by atoms with E-state index in [1.54, 1.807) is 18.9 Å². The summed E-state index contributed by atoms with van der Waals surface area (Å²) >= 11 is 1.77. The van der Waals surface area contributed by atoms with Gasteiger partial charge in [-0.3, -0.25) is 4.99 Å². The molecule has 0 bridgehead atoms. The fourth-order valence-corrected chi connectivity index (χ4v) is 4.40. The van der Waals surface area contributed by atoms with Gasteiger partial charge in [0.25, 0.3) is 0 Å². The highest BCUT2D eigenvalue weighted by Crippen LogP contribution is 2.44. The van der Waals surface area contributed by atoms with Crippen LogP contribution >= 0.6 is 11.8 Å². The number of fused-ring (bicyclic) bond motifs is 3. The lowest BCUT2D eigenvalue weighted by atomic mass is 9.90. The Bertz CT molecular complexity index is 579. The minimum atomic E-state index is 0.521. The molecule has 0 aromatic heterocycles. The van der Waals surface area contributed by atoms with Crippen molar-refractivity contribution in [1.29, 1.82) is 0 Å². The third-order valence-corrected chi connectivity index (χ3v) is 5.28. The van der Waals surface area contributed by atoms with E-state index in [4.69, 9.17) is 9.73 Å². The number of aliphatic imine (C=N–C) groups is 1. The van der Waals surface area contributed by atoms with E-state index in [0.29, 0.717) is 12.1 Å². The van der Waals surface area contributed by atoms with Gasteiger partial charge < -0.3 is 9.64 Å². The molecule has 3 aliphatic rings. The number of methoxy groups -OCH3 is 1. The molecule has 0 saturated heterocycles. The molecule has 1 saturated carbocycles. The minimum Gasteiger partial charge on any atom is -0.497 e. The first-order valence-corrected chi connectivity index (χ1v) is 8.13. The molecule has 4 rings (SSSR count). The second-order valence-corrected chi connectivity index (χ2v) is 6.39. The lowest BCUT2D eigenvalue weighted by molar-refractivity contribution is 0.305. The number of benzene rings is 1. The number of amidine groups is 1. The molecule has 0 N–H and O–H groups in total. The number of rotatable bonds is 2. The Morgan fingerprint density at radius 1 is 1.20 bits per heavy atom. The van der Waals surface area contributed by atoms with Gasteiger partial charge in [0.15, 0.2) is 5.17 Å². The predicted octanol–water partition coefficient (Wildman–Crippen LogP) is 3.72. The van der Waals surface area contributed by atoms with Crippen LogP contribution in [0.2, 0.25) is 0 Å². The molecule has 1 fully saturated rings. The molecule has 1 aliphatic carbocycles. The zero-order chi connectivity index (χ0) is 13.5. The first-order chi connectivity index (χ1) is 9.86. The van der Waals surface area contributed by atoms with E-state index < -0.39 is 0 Å². The van der Waals surface area contributed by atoms with Gasteiger partial charge >= 0.3 is 0 Å². The Balaban J connectivity index is 1.64. The monoisotopic (exact) mass is 286 g/mol. The zero-order valence-corrected chi connectivity index (χ0v) is 12.4. The highest BCUT2D eigenvalue weighted by Gasteiger charge is 2.41. The van der Waals surface area contributed by atoms with Crippen LogP contribution in [-0.2, 0) is 0 Å². The van der Waals surface area contributed by atoms with Gasteiger partial charge in [-0.1, -0.05) is 24.6 Å². The first-order valence-electron chi connectivity index (χ1n) is 7.25. The largest absolute Gasteiger partial charge is 0.497 e. The van der Waals surface area contributed by atoms with E-state index in [2.05, 4.69) is 22.4 Å². The zero-order valence-electron chi connectivity index (χ0n) is 11.6. The van der Waals surface area contributed by atoms with Crippen molar-refractivity contribution in [2.75, 3.05) is 7.11 Å². The summed E-state index contributed by atoms with van der Waals surface area (Å²) in [5.74, 6) is 0.908. The topological polar surface area (TPSA) is 24.8 Å². The Morgan fingerprint density at radius 3 is 2.80 bits per heavy atom. The molecular weight excluding hydrogens is 268 g/mol. The molecule has 4 heteroatoms.